The van der Waals surface area contributed by atoms with E-state index in [9.17, 15) is 0 Å². The van der Waals surface area contributed by atoms with E-state index in [0.717, 1.165) is 45.2 Å². The van der Waals surface area contributed by atoms with Crippen molar-refractivity contribution >= 4 is 56.9 Å². The van der Waals surface area contributed by atoms with Gasteiger partial charge in [0.1, 0.15) is 5.82 Å². The van der Waals surface area contributed by atoms with Crippen molar-refractivity contribution in [2.75, 3.05) is 4.90 Å². The van der Waals surface area contributed by atoms with Crippen LogP contribution in [0.3, 0.4) is 0 Å². The maximum atomic E-state index is 5.30. The van der Waals surface area contributed by atoms with Crippen LogP contribution in [-0.2, 0) is 0 Å². The van der Waals surface area contributed by atoms with Crippen molar-refractivity contribution in [2.24, 2.45) is 0 Å². The summed E-state index contributed by atoms with van der Waals surface area (Å²) in [6, 6.07) is 68.2. The van der Waals surface area contributed by atoms with Gasteiger partial charge in [-0.3, -0.25) is 4.57 Å². The normalized spacial score (nSPS) is 12.2. The van der Waals surface area contributed by atoms with Gasteiger partial charge < -0.3 is 4.90 Å². The Morgan fingerprint density at radius 2 is 0.851 bits per heavy atom. The van der Waals surface area contributed by atoms with E-state index in [1.807, 2.05) is 0 Å². The van der Waals surface area contributed by atoms with E-state index in [2.05, 4.69) is 198 Å². The van der Waals surface area contributed by atoms with Crippen LogP contribution in [0, 0.1) is 0 Å². The summed E-state index contributed by atoms with van der Waals surface area (Å²) < 4.78 is 2.35. The first kappa shape index (κ1) is 27.3. The molecule has 4 heteroatoms. The van der Waals surface area contributed by atoms with Gasteiger partial charge in [-0.25, -0.2) is 4.98 Å². The molecule has 0 radical (unpaired) electrons. The lowest BCUT2D eigenvalue weighted by Crippen LogP contribution is -2.74. The maximum Gasteiger partial charge on any atom is 0.179 e. The standard InChI is InChI=1S/C43H31N3Si/c1-5-16-33(17-6-1)45-39-25-13-14-26-40(39)46-42-38(24-15-27-41(42)45)44-43(46)32-28-30-37(31-29-32)47(34-18-7-2-8-19-34,35-20-9-3-10-21-35)36-22-11-4-12-23-36/h1-31H. The molecule has 0 N–H and O–H groups in total. The topological polar surface area (TPSA) is 21.1 Å². The molecule has 0 unspecified atom stereocenters. The summed E-state index contributed by atoms with van der Waals surface area (Å²) in [4.78, 5) is 7.65. The SMILES string of the molecule is c1ccc(N2c3ccccc3-n3c(-c4ccc([Si](c5ccccc5)(c5ccccc5)c5ccccc5)cc4)nc4cccc2c43)cc1. The van der Waals surface area contributed by atoms with Crippen molar-refractivity contribution in [1.29, 1.82) is 0 Å². The number of fused-ring (bicyclic) bond motifs is 2. The first-order chi connectivity index (χ1) is 23.3. The van der Waals surface area contributed by atoms with Crippen LogP contribution in [0.25, 0.3) is 28.1 Å². The van der Waals surface area contributed by atoms with Crippen molar-refractivity contribution in [3.05, 3.63) is 188 Å². The van der Waals surface area contributed by atoms with E-state index in [1.165, 1.54) is 20.7 Å². The minimum Gasteiger partial charge on any atom is -0.306 e. The van der Waals surface area contributed by atoms with Gasteiger partial charge in [0.05, 0.1) is 28.1 Å². The average molecular weight is 618 g/mol. The fourth-order valence-electron chi connectivity index (χ4n) is 7.48. The predicted molar refractivity (Wildman–Crippen MR) is 198 cm³/mol. The second-order valence-electron chi connectivity index (χ2n) is 12.0. The van der Waals surface area contributed by atoms with E-state index in [-0.39, 0.29) is 0 Å². The zero-order valence-corrected chi connectivity index (χ0v) is 26.7. The van der Waals surface area contributed by atoms with E-state index >= 15 is 0 Å². The molecule has 7 aromatic carbocycles. The van der Waals surface area contributed by atoms with Gasteiger partial charge in [0.2, 0.25) is 0 Å². The number of para-hydroxylation sites is 4. The molecule has 1 aromatic heterocycles. The molecule has 9 rings (SSSR count). The molecule has 0 saturated carbocycles. The molecule has 0 amide bonds. The third kappa shape index (κ3) is 4.23. The lowest BCUT2D eigenvalue weighted by atomic mass is 10.1. The number of hydrogen-bond acceptors (Lipinski definition) is 2. The molecule has 0 spiro atoms. The quantitative estimate of drug-likeness (QED) is 0.140. The number of benzene rings is 7. The molecule has 1 aliphatic heterocycles. The second-order valence-corrected chi connectivity index (χ2v) is 15.8. The third-order valence-electron chi connectivity index (χ3n) is 9.47. The molecular formula is C43H31N3Si. The number of aromatic nitrogens is 2. The van der Waals surface area contributed by atoms with Crippen molar-refractivity contribution in [3.8, 4) is 17.1 Å². The molecule has 0 atom stereocenters. The van der Waals surface area contributed by atoms with Gasteiger partial charge in [0, 0.05) is 11.3 Å². The van der Waals surface area contributed by atoms with E-state index in [4.69, 9.17) is 4.98 Å². The summed E-state index contributed by atoms with van der Waals surface area (Å²) in [7, 11) is -2.61. The van der Waals surface area contributed by atoms with Crippen molar-refractivity contribution in [3.63, 3.8) is 0 Å². The summed E-state index contributed by atoms with van der Waals surface area (Å²) in [6.45, 7) is 0. The van der Waals surface area contributed by atoms with Gasteiger partial charge in [-0.1, -0.05) is 152 Å². The van der Waals surface area contributed by atoms with Gasteiger partial charge in [-0.15, -0.1) is 0 Å². The summed E-state index contributed by atoms with van der Waals surface area (Å²) in [5.41, 5.74) is 7.72. The van der Waals surface area contributed by atoms with Crippen molar-refractivity contribution in [2.45, 2.75) is 0 Å². The van der Waals surface area contributed by atoms with Gasteiger partial charge in [-0.05, 0) is 57.1 Å². The lowest BCUT2D eigenvalue weighted by Gasteiger charge is -2.34. The Morgan fingerprint density at radius 3 is 1.43 bits per heavy atom. The monoisotopic (exact) mass is 617 g/mol. The largest absolute Gasteiger partial charge is 0.306 e. The minimum absolute atomic E-state index is 0.950. The van der Waals surface area contributed by atoms with E-state index in [1.54, 1.807) is 0 Å². The van der Waals surface area contributed by atoms with Crippen LogP contribution in [0.2, 0.25) is 0 Å². The summed E-state index contributed by atoms with van der Waals surface area (Å²) in [5.74, 6) is 0.950. The minimum atomic E-state index is -2.61. The van der Waals surface area contributed by atoms with Gasteiger partial charge >= 0.3 is 0 Å². The fraction of sp³-hybridized carbons (Fsp3) is 0. The molecule has 222 valence electrons. The molecule has 8 aromatic rings. The Balaban J connectivity index is 1.26. The molecule has 1 aliphatic rings. The third-order valence-corrected chi connectivity index (χ3v) is 14.3. The highest BCUT2D eigenvalue weighted by molar-refractivity contribution is 7.19. The highest BCUT2D eigenvalue weighted by Gasteiger charge is 2.41. The molecule has 0 bridgehead atoms. The predicted octanol–water partition coefficient (Wildman–Crippen LogP) is 7.85. The average Bonchev–Trinajstić information content (AvgIpc) is 3.55. The molecule has 3 nitrogen and oxygen atoms in total. The Morgan fingerprint density at radius 1 is 0.383 bits per heavy atom. The highest BCUT2D eigenvalue weighted by atomic mass is 28.3. The second kappa shape index (κ2) is 11.1. The van der Waals surface area contributed by atoms with Crippen LogP contribution in [0.5, 0.6) is 0 Å². The van der Waals surface area contributed by atoms with Gasteiger partial charge in [0.25, 0.3) is 0 Å². The van der Waals surface area contributed by atoms with Crippen LogP contribution < -0.4 is 25.6 Å². The summed E-state index contributed by atoms with van der Waals surface area (Å²) >= 11 is 0. The maximum absolute atomic E-state index is 5.30. The summed E-state index contributed by atoms with van der Waals surface area (Å²) in [5, 5.41) is 5.44. The Hall–Kier alpha value is -5.97. The van der Waals surface area contributed by atoms with E-state index in [0.29, 0.717) is 0 Å². The number of anilines is 3. The number of rotatable bonds is 6. The van der Waals surface area contributed by atoms with Gasteiger partial charge in [0.15, 0.2) is 8.07 Å². The van der Waals surface area contributed by atoms with Crippen molar-refractivity contribution in [1.82, 2.24) is 9.55 Å². The summed E-state index contributed by atoms with van der Waals surface area (Å²) in [6.07, 6.45) is 0. The smallest absolute Gasteiger partial charge is 0.179 e. The van der Waals surface area contributed by atoms with E-state index < -0.39 is 8.07 Å². The molecule has 0 fully saturated rings. The van der Waals surface area contributed by atoms with Crippen molar-refractivity contribution < 1.29 is 0 Å². The van der Waals surface area contributed by atoms with Crippen LogP contribution in [0.1, 0.15) is 0 Å². The molecule has 0 aliphatic carbocycles. The first-order valence-electron chi connectivity index (χ1n) is 16.1. The van der Waals surface area contributed by atoms with Crippen LogP contribution in [-0.4, -0.2) is 17.6 Å². The first-order valence-corrected chi connectivity index (χ1v) is 18.1. The number of nitrogens with zero attached hydrogens (tertiary/aromatic N) is 3. The molecule has 0 saturated heterocycles. The molecule has 47 heavy (non-hydrogen) atoms. The van der Waals surface area contributed by atoms with Crippen LogP contribution in [0.15, 0.2) is 188 Å². The highest BCUT2D eigenvalue weighted by Crippen LogP contribution is 2.47. The zero-order chi connectivity index (χ0) is 31.2. The fourth-order valence-corrected chi connectivity index (χ4v) is 12.2. The number of hydrogen-bond donors (Lipinski definition) is 0. The molecule has 2 heterocycles. The molecular weight excluding hydrogens is 587 g/mol. The Kier molecular flexibility index (Phi) is 6.47. The Labute approximate surface area is 275 Å². The zero-order valence-electron chi connectivity index (χ0n) is 25.7. The van der Waals surface area contributed by atoms with Crippen LogP contribution in [0.4, 0.5) is 17.1 Å². The number of imidazole rings is 1. The Bertz CT molecular complexity index is 2240. The van der Waals surface area contributed by atoms with Crippen LogP contribution >= 0.6 is 0 Å². The van der Waals surface area contributed by atoms with Gasteiger partial charge in [-0.2, -0.15) is 0 Å². The lowest BCUT2D eigenvalue weighted by molar-refractivity contribution is 1.06.